The number of hydrogen-bond donors (Lipinski definition) is 1. The summed E-state index contributed by atoms with van der Waals surface area (Å²) in [6.07, 6.45) is 6.32. The van der Waals surface area contributed by atoms with Crippen molar-refractivity contribution in [1.29, 1.82) is 0 Å². The second-order valence-corrected chi connectivity index (χ2v) is 6.73. The molecule has 5 unspecified atom stereocenters. The van der Waals surface area contributed by atoms with Gasteiger partial charge in [-0.3, -0.25) is 4.79 Å². The third kappa shape index (κ3) is 2.07. The predicted molar refractivity (Wildman–Crippen MR) is 72.1 cm³/mol. The quantitative estimate of drug-likeness (QED) is 0.811. The lowest BCUT2D eigenvalue weighted by Gasteiger charge is -2.39. The smallest absolute Gasteiger partial charge is 0.225 e. The van der Waals surface area contributed by atoms with Gasteiger partial charge in [0.05, 0.1) is 0 Å². The van der Waals surface area contributed by atoms with Gasteiger partial charge in [0.1, 0.15) is 0 Å². The first-order valence-corrected chi connectivity index (χ1v) is 7.65. The standard InChI is InChI=1S/C15H26N2O/c1-10-9-17(6-5-14(10)16-2)15(18)13-8-11-3-4-12(13)7-11/h10-14,16H,3-9H2,1-2H3. The van der Waals surface area contributed by atoms with Crippen LogP contribution in [-0.2, 0) is 4.79 Å². The molecule has 102 valence electrons. The number of carbonyl (C=O) groups excluding carboxylic acids is 1. The van der Waals surface area contributed by atoms with Gasteiger partial charge < -0.3 is 10.2 Å². The summed E-state index contributed by atoms with van der Waals surface area (Å²) < 4.78 is 0. The zero-order valence-electron chi connectivity index (χ0n) is 11.7. The largest absolute Gasteiger partial charge is 0.342 e. The van der Waals surface area contributed by atoms with Crippen LogP contribution in [0.3, 0.4) is 0 Å². The van der Waals surface area contributed by atoms with Crippen LogP contribution in [0.5, 0.6) is 0 Å². The van der Waals surface area contributed by atoms with Crippen molar-refractivity contribution in [2.75, 3.05) is 20.1 Å². The van der Waals surface area contributed by atoms with Crippen molar-refractivity contribution in [2.45, 2.75) is 45.1 Å². The van der Waals surface area contributed by atoms with Gasteiger partial charge in [-0.1, -0.05) is 13.3 Å². The monoisotopic (exact) mass is 250 g/mol. The molecule has 3 rings (SSSR count). The van der Waals surface area contributed by atoms with Crippen molar-refractivity contribution < 1.29 is 4.79 Å². The maximum atomic E-state index is 12.6. The van der Waals surface area contributed by atoms with Gasteiger partial charge in [0.25, 0.3) is 0 Å². The van der Waals surface area contributed by atoms with Crippen LogP contribution < -0.4 is 5.32 Å². The molecule has 0 spiro atoms. The number of carbonyl (C=O) groups is 1. The summed E-state index contributed by atoms with van der Waals surface area (Å²) in [6.45, 7) is 4.18. The molecule has 1 saturated heterocycles. The molecular weight excluding hydrogens is 224 g/mol. The first-order chi connectivity index (χ1) is 8.69. The van der Waals surface area contributed by atoms with E-state index in [-0.39, 0.29) is 0 Å². The second kappa shape index (κ2) is 4.84. The molecule has 0 radical (unpaired) electrons. The lowest BCUT2D eigenvalue weighted by atomic mass is 9.86. The summed E-state index contributed by atoms with van der Waals surface area (Å²) in [5.74, 6) is 3.04. The highest BCUT2D eigenvalue weighted by Gasteiger charge is 2.45. The van der Waals surface area contributed by atoms with E-state index in [4.69, 9.17) is 0 Å². The Labute approximate surface area is 110 Å². The molecule has 3 fully saturated rings. The molecule has 1 N–H and O–H groups in total. The second-order valence-electron chi connectivity index (χ2n) is 6.73. The van der Waals surface area contributed by atoms with E-state index in [1.54, 1.807) is 0 Å². The topological polar surface area (TPSA) is 32.3 Å². The van der Waals surface area contributed by atoms with Crippen molar-refractivity contribution in [3.8, 4) is 0 Å². The van der Waals surface area contributed by atoms with Crippen molar-refractivity contribution in [1.82, 2.24) is 10.2 Å². The fraction of sp³-hybridized carbons (Fsp3) is 0.933. The maximum absolute atomic E-state index is 12.6. The van der Waals surface area contributed by atoms with Gasteiger partial charge in [0, 0.05) is 25.0 Å². The van der Waals surface area contributed by atoms with Crippen LogP contribution in [0.1, 0.15) is 39.0 Å². The normalized spacial score (nSPS) is 43.4. The Balaban J connectivity index is 1.60. The van der Waals surface area contributed by atoms with E-state index in [9.17, 15) is 4.79 Å². The molecule has 2 saturated carbocycles. The first kappa shape index (κ1) is 12.5. The van der Waals surface area contributed by atoms with E-state index in [0.29, 0.717) is 23.8 Å². The van der Waals surface area contributed by atoms with Gasteiger partial charge in [-0.05, 0) is 50.5 Å². The number of nitrogens with zero attached hydrogens (tertiary/aromatic N) is 1. The van der Waals surface area contributed by atoms with Crippen molar-refractivity contribution >= 4 is 5.91 Å². The van der Waals surface area contributed by atoms with Crippen molar-refractivity contribution in [3.05, 3.63) is 0 Å². The Morgan fingerprint density at radius 2 is 2.06 bits per heavy atom. The average Bonchev–Trinajstić information content (AvgIpc) is 3.00. The van der Waals surface area contributed by atoms with E-state index in [0.717, 1.165) is 31.3 Å². The van der Waals surface area contributed by atoms with Crippen LogP contribution in [0.2, 0.25) is 0 Å². The van der Waals surface area contributed by atoms with Crippen LogP contribution in [-0.4, -0.2) is 37.0 Å². The van der Waals surface area contributed by atoms with Crippen LogP contribution in [0.4, 0.5) is 0 Å². The highest BCUT2D eigenvalue weighted by molar-refractivity contribution is 5.79. The number of rotatable bonds is 2. The molecule has 5 atom stereocenters. The Bertz CT molecular complexity index is 330. The van der Waals surface area contributed by atoms with E-state index in [2.05, 4.69) is 17.1 Å². The Kier molecular flexibility index (Phi) is 3.35. The fourth-order valence-corrected chi connectivity index (χ4v) is 4.56. The average molecular weight is 250 g/mol. The molecule has 0 aromatic carbocycles. The summed E-state index contributed by atoms with van der Waals surface area (Å²) >= 11 is 0. The molecule has 2 bridgehead atoms. The molecule has 1 amide bonds. The van der Waals surface area contributed by atoms with E-state index < -0.39 is 0 Å². The predicted octanol–water partition coefficient (Wildman–Crippen LogP) is 1.88. The van der Waals surface area contributed by atoms with Gasteiger partial charge in [0.2, 0.25) is 5.91 Å². The van der Waals surface area contributed by atoms with Crippen LogP contribution in [0.15, 0.2) is 0 Å². The van der Waals surface area contributed by atoms with Gasteiger partial charge in [-0.25, -0.2) is 0 Å². The number of amides is 1. The lowest BCUT2D eigenvalue weighted by Crippen LogP contribution is -2.51. The Morgan fingerprint density at radius 1 is 1.22 bits per heavy atom. The first-order valence-electron chi connectivity index (χ1n) is 7.65. The molecule has 3 nitrogen and oxygen atoms in total. The summed E-state index contributed by atoms with van der Waals surface area (Å²) in [7, 11) is 2.04. The van der Waals surface area contributed by atoms with Crippen LogP contribution >= 0.6 is 0 Å². The van der Waals surface area contributed by atoms with Gasteiger partial charge in [0.15, 0.2) is 0 Å². The maximum Gasteiger partial charge on any atom is 0.225 e. The molecule has 18 heavy (non-hydrogen) atoms. The SMILES string of the molecule is CNC1CCN(C(=O)C2CC3CCC2C3)CC1C. The van der Waals surface area contributed by atoms with Crippen molar-refractivity contribution in [2.24, 2.45) is 23.7 Å². The van der Waals surface area contributed by atoms with Gasteiger partial charge in [-0.15, -0.1) is 0 Å². The van der Waals surface area contributed by atoms with E-state index in [1.807, 2.05) is 7.05 Å². The van der Waals surface area contributed by atoms with Gasteiger partial charge >= 0.3 is 0 Å². The highest BCUT2D eigenvalue weighted by Crippen LogP contribution is 2.49. The minimum atomic E-state index is 0.377. The van der Waals surface area contributed by atoms with Crippen LogP contribution in [0.25, 0.3) is 0 Å². The third-order valence-electron chi connectivity index (χ3n) is 5.64. The summed E-state index contributed by atoms with van der Waals surface area (Å²) in [5.41, 5.74) is 0. The minimum Gasteiger partial charge on any atom is -0.342 e. The van der Waals surface area contributed by atoms with Crippen LogP contribution in [0, 0.1) is 23.7 Å². The molecule has 1 aliphatic heterocycles. The molecule has 0 aromatic rings. The number of fused-ring (bicyclic) bond motifs is 2. The molecule has 3 aliphatic rings. The molecular formula is C15H26N2O. The number of nitrogens with one attached hydrogen (secondary N) is 1. The number of piperidine rings is 1. The van der Waals surface area contributed by atoms with E-state index >= 15 is 0 Å². The minimum absolute atomic E-state index is 0.377. The summed E-state index contributed by atoms with van der Waals surface area (Å²) in [6, 6.07) is 0.592. The molecule has 0 aromatic heterocycles. The summed E-state index contributed by atoms with van der Waals surface area (Å²) in [4.78, 5) is 14.8. The number of likely N-dealkylation sites (tertiary alicyclic amines) is 1. The molecule has 3 heteroatoms. The lowest BCUT2D eigenvalue weighted by molar-refractivity contribution is -0.139. The molecule has 2 aliphatic carbocycles. The van der Waals surface area contributed by atoms with Crippen molar-refractivity contribution in [3.63, 3.8) is 0 Å². The zero-order valence-corrected chi connectivity index (χ0v) is 11.7. The van der Waals surface area contributed by atoms with Gasteiger partial charge in [-0.2, -0.15) is 0 Å². The third-order valence-corrected chi connectivity index (χ3v) is 5.64. The number of hydrogen-bond acceptors (Lipinski definition) is 2. The highest BCUT2D eigenvalue weighted by atomic mass is 16.2. The summed E-state index contributed by atoms with van der Waals surface area (Å²) in [5, 5.41) is 3.37. The Hall–Kier alpha value is -0.570. The Morgan fingerprint density at radius 3 is 2.61 bits per heavy atom. The zero-order chi connectivity index (χ0) is 12.7. The fourth-order valence-electron chi connectivity index (χ4n) is 4.56. The molecule has 1 heterocycles. The van der Waals surface area contributed by atoms with E-state index in [1.165, 1.54) is 25.7 Å².